The van der Waals surface area contributed by atoms with Crippen molar-refractivity contribution < 1.29 is 61.9 Å². The van der Waals surface area contributed by atoms with E-state index in [9.17, 15) is 0 Å². The number of rotatable bonds is 0. The fourth-order valence-corrected chi connectivity index (χ4v) is 3.99. The van der Waals surface area contributed by atoms with E-state index in [4.69, 9.17) is 0 Å². The number of hydrogen-bond donors (Lipinski definition) is 0. The van der Waals surface area contributed by atoms with Gasteiger partial charge >= 0.3 is 66.0 Å². The molecule has 0 nitrogen and oxygen atoms in total. The number of hydrogen-bond acceptors (Lipinski definition) is 0. The van der Waals surface area contributed by atoms with Gasteiger partial charge in [0.25, 0.3) is 0 Å². The Morgan fingerprint density at radius 1 is 1.30 bits per heavy atom. The first-order chi connectivity index (χ1) is 3.30. The molecule has 0 saturated heterocycles. The summed E-state index contributed by atoms with van der Waals surface area (Å²) in [5, 5.41) is 0. The van der Waals surface area contributed by atoms with Gasteiger partial charge in [0.1, 0.15) is 0 Å². The van der Waals surface area contributed by atoms with Crippen LogP contribution in [0.3, 0.4) is 0 Å². The summed E-state index contributed by atoms with van der Waals surface area (Å²) in [5.74, 6) is 0. The van der Waals surface area contributed by atoms with Crippen LogP contribution in [0.5, 0.6) is 0 Å². The Morgan fingerprint density at radius 2 is 1.80 bits per heavy atom. The molecule has 0 bridgehead atoms. The number of allylic oxidation sites excluding steroid dienone is 3. The van der Waals surface area contributed by atoms with Crippen LogP contribution in [0.25, 0.3) is 0 Å². The predicted octanol–water partition coefficient (Wildman–Crippen LogP) is -8.26. The van der Waals surface area contributed by atoms with E-state index in [-0.39, 0.29) is 53.0 Å². The minimum atomic E-state index is 0. The van der Waals surface area contributed by atoms with Crippen molar-refractivity contribution in [3.8, 4) is 0 Å². The summed E-state index contributed by atoms with van der Waals surface area (Å²) in [7, 11) is 0. The Bertz CT molecular complexity index is 144. The first-order valence-electron chi connectivity index (χ1n) is 2.16. The molecule has 0 amide bonds. The van der Waals surface area contributed by atoms with Gasteiger partial charge in [-0.2, -0.15) is 0 Å². The third kappa shape index (κ3) is 5.44. The zero-order chi connectivity index (χ0) is 5.28. The molecule has 0 aromatic heterocycles. The molecule has 1 unspecified atom stereocenters. The van der Waals surface area contributed by atoms with E-state index in [1.807, 2.05) is 0 Å². The topological polar surface area (TPSA) is 0 Å². The smallest absolute Gasteiger partial charge is 1.00 e. The summed E-state index contributed by atoms with van der Waals surface area (Å²) in [6.45, 7) is 2.25. The third-order valence-electron chi connectivity index (χ3n) is 0.954. The molecule has 0 spiro atoms. The van der Waals surface area contributed by atoms with Crippen LogP contribution in [-0.4, -0.2) is 15.8 Å². The van der Waals surface area contributed by atoms with E-state index in [0.717, 1.165) is 0 Å². The van der Waals surface area contributed by atoms with Crippen LogP contribution in [0.2, 0.25) is 0 Å². The van der Waals surface area contributed by atoms with E-state index in [0.29, 0.717) is 0 Å². The van der Waals surface area contributed by atoms with Crippen molar-refractivity contribution in [1.29, 1.82) is 0 Å². The summed E-state index contributed by atoms with van der Waals surface area (Å²) in [6.07, 6.45) is 2.27. The van der Waals surface area contributed by atoms with Gasteiger partial charge in [-0.15, -0.1) is 0 Å². The van der Waals surface area contributed by atoms with Gasteiger partial charge in [0, 0.05) is 0 Å². The molecule has 10 heavy (non-hydrogen) atoms. The molecule has 1 aliphatic rings. The maximum Gasteiger partial charge on any atom is -1.00 e. The molecule has 0 aromatic carbocycles. The van der Waals surface area contributed by atoms with Crippen LogP contribution in [-0.2, 0) is 24.7 Å². The monoisotopic (exact) mass is 336 g/mol. The van der Waals surface area contributed by atoms with Crippen LogP contribution in [0, 0.1) is 0 Å². The Hall–Kier alpha value is 1.79. The van der Waals surface area contributed by atoms with E-state index < -0.39 is 0 Å². The molecule has 56 valence electrons. The number of halogens is 3. The molecule has 1 heterocycles. The molecule has 1 atom stereocenters. The van der Waals surface area contributed by atoms with Gasteiger partial charge in [-0.3, -0.25) is 0 Å². The standard InChI is InChI=1S/C5H6As.3ClH.Zr/c1-5-3-2-4-6-5;;;;/h2,4,6H,1H3;3*1H;/q;;;;+3/p-3. The molecule has 1 aliphatic heterocycles. The minimum Gasteiger partial charge on any atom is -1.00 e. The fourth-order valence-electron chi connectivity index (χ4n) is 0.453. The van der Waals surface area contributed by atoms with Gasteiger partial charge in [0.05, 0.1) is 0 Å². The van der Waals surface area contributed by atoms with Crippen molar-refractivity contribution >= 4 is 15.8 Å². The Balaban J connectivity index is -0.000000163. The van der Waals surface area contributed by atoms with Crippen molar-refractivity contribution in [3.05, 3.63) is 18.6 Å². The van der Waals surface area contributed by atoms with Gasteiger partial charge in [0.2, 0.25) is 0 Å². The molecule has 0 radical (unpaired) electrons. The molecular weight excluding hydrogens is 333 g/mol. The first-order valence-corrected chi connectivity index (χ1v) is 5.65. The quantitative estimate of drug-likeness (QED) is 0.385. The summed E-state index contributed by atoms with van der Waals surface area (Å²) in [6, 6.07) is 0. The van der Waals surface area contributed by atoms with Crippen LogP contribution in [0.15, 0.2) is 18.6 Å². The van der Waals surface area contributed by atoms with E-state index >= 15 is 0 Å². The predicted molar refractivity (Wildman–Crippen MR) is 29.0 cm³/mol. The van der Waals surface area contributed by atoms with E-state index in [1.165, 1.54) is 0 Å². The normalized spacial score (nSPS) is 15.9. The largest absolute Gasteiger partial charge is 1.00 e. The fraction of sp³-hybridized carbons (Fsp3) is 0.200. The van der Waals surface area contributed by atoms with Crippen molar-refractivity contribution in [2.24, 2.45) is 0 Å². The summed E-state index contributed by atoms with van der Waals surface area (Å²) < 4.78 is 3.27. The minimum absolute atomic E-state index is 0. The molecule has 1 rings (SSSR count). The van der Waals surface area contributed by atoms with Crippen LogP contribution in [0.1, 0.15) is 6.92 Å². The van der Waals surface area contributed by atoms with Gasteiger partial charge < -0.3 is 37.2 Å². The average molecular weight is 339 g/mol. The Kier molecular flexibility index (Phi) is 15.8. The van der Waals surface area contributed by atoms with Gasteiger partial charge in [0.15, 0.2) is 0 Å². The molecule has 5 heteroatoms. The molecule has 0 aliphatic carbocycles. The van der Waals surface area contributed by atoms with Crippen LogP contribution >= 0.6 is 0 Å². The maximum absolute atomic E-state index is 2.35. The van der Waals surface area contributed by atoms with Crippen molar-refractivity contribution in [2.45, 2.75) is 6.92 Å². The second kappa shape index (κ2) is 8.88. The molecular formula is C5H6AsCl3Zr. The van der Waals surface area contributed by atoms with Crippen molar-refractivity contribution in [2.75, 3.05) is 0 Å². The van der Waals surface area contributed by atoms with Crippen LogP contribution < -0.4 is 37.2 Å². The average Bonchev–Trinajstić information content (AvgIpc) is 1.91. The van der Waals surface area contributed by atoms with Crippen molar-refractivity contribution in [1.82, 2.24) is 0 Å². The molecule has 0 N–H and O–H groups in total. The van der Waals surface area contributed by atoms with E-state index in [1.54, 1.807) is 32.4 Å². The zero-order valence-corrected chi connectivity index (χ0v) is 12.1. The van der Waals surface area contributed by atoms with Gasteiger partial charge in [-0.1, -0.05) is 0 Å². The SMILES string of the molecule is CC1=[C]([Zr+3])C=C[AsH]1.[Cl-].[Cl-].[Cl-]. The summed E-state index contributed by atoms with van der Waals surface area (Å²) in [4.78, 5) is 2.35. The Labute approximate surface area is 102 Å². The van der Waals surface area contributed by atoms with E-state index in [2.05, 4.69) is 17.9 Å². The zero-order valence-electron chi connectivity index (χ0n) is 5.29. The van der Waals surface area contributed by atoms with Crippen LogP contribution in [0.4, 0.5) is 0 Å². The summed E-state index contributed by atoms with van der Waals surface area (Å²) >= 11 is 1.83. The molecule has 0 saturated carbocycles. The van der Waals surface area contributed by atoms with Crippen molar-refractivity contribution in [3.63, 3.8) is 0 Å². The molecule has 0 fully saturated rings. The Morgan fingerprint density at radius 3 is 1.90 bits per heavy atom. The second-order valence-electron chi connectivity index (χ2n) is 1.52. The second-order valence-corrected chi connectivity index (χ2v) is 5.72. The summed E-state index contributed by atoms with van der Waals surface area (Å²) in [5.41, 5.74) is 0. The third-order valence-corrected chi connectivity index (χ3v) is 5.75. The van der Waals surface area contributed by atoms with Gasteiger partial charge in [-0.25, -0.2) is 0 Å². The molecule has 0 aromatic rings. The van der Waals surface area contributed by atoms with Gasteiger partial charge in [-0.05, 0) is 0 Å². The first kappa shape index (κ1) is 17.8. The maximum atomic E-state index is 2.35.